The van der Waals surface area contributed by atoms with Crippen LogP contribution in [0.1, 0.15) is 36.0 Å². The molecule has 0 radical (unpaired) electrons. The van der Waals surface area contributed by atoms with Gasteiger partial charge in [-0.25, -0.2) is 17.9 Å². The van der Waals surface area contributed by atoms with Gasteiger partial charge < -0.3 is 10.2 Å². The number of carboxylic acid groups (broad SMARTS) is 1. The van der Waals surface area contributed by atoms with Crippen LogP contribution < -0.4 is 4.72 Å². The van der Waals surface area contributed by atoms with Crippen LogP contribution in [0.3, 0.4) is 0 Å². The van der Waals surface area contributed by atoms with E-state index in [9.17, 15) is 18.3 Å². The summed E-state index contributed by atoms with van der Waals surface area (Å²) in [5.74, 6) is -1.16. The van der Waals surface area contributed by atoms with Crippen LogP contribution in [0, 0.1) is 3.57 Å². The number of sulfonamides is 1. The molecule has 0 saturated heterocycles. The number of benzene rings is 1. The van der Waals surface area contributed by atoms with E-state index in [-0.39, 0.29) is 22.6 Å². The Morgan fingerprint density at radius 3 is 2.43 bits per heavy atom. The van der Waals surface area contributed by atoms with E-state index < -0.39 is 16.0 Å². The third-order valence-corrected chi connectivity index (χ3v) is 5.96. The van der Waals surface area contributed by atoms with Crippen molar-refractivity contribution in [1.29, 1.82) is 0 Å². The van der Waals surface area contributed by atoms with Crippen molar-refractivity contribution < 1.29 is 23.4 Å². The summed E-state index contributed by atoms with van der Waals surface area (Å²) in [6.45, 7) is 0. The minimum atomic E-state index is -3.75. The fourth-order valence-electron chi connectivity index (χ4n) is 2.32. The van der Waals surface area contributed by atoms with Gasteiger partial charge in [0.05, 0.1) is 16.6 Å². The van der Waals surface area contributed by atoms with Gasteiger partial charge in [-0.3, -0.25) is 0 Å². The van der Waals surface area contributed by atoms with E-state index in [0.29, 0.717) is 29.3 Å². The third kappa shape index (κ3) is 4.15. The van der Waals surface area contributed by atoms with Gasteiger partial charge in [0.25, 0.3) is 0 Å². The molecule has 0 amide bonds. The first-order valence-electron chi connectivity index (χ1n) is 6.53. The zero-order chi connectivity index (χ0) is 15.6. The lowest BCUT2D eigenvalue weighted by molar-refractivity contribution is 0.0695. The lowest BCUT2D eigenvalue weighted by Crippen LogP contribution is -2.38. The third-order valence-electron chi connectivity index (χ3n) is 3.50. The summed E-state index contributed by atoms with van der Waals surface area (Å²) in [5, 5.41) is 18.5. The zero-order valence-corrected chi connectivity index (χ0v) is 14.1. The van der Waals surface area contributed by atoms with Crippen LogP contribution in [0.25, 0.3) is 0 Å². The average Bonchev–Trinajstić information content (AvgIpc) is 2.41. The molecule has 0 atom stereocenters. The predicted octanol–water partition coefficient (Wildman–Crippen LogP) is 1.57. The minimum absolute atomic E-state index is 0.0301. The zero-order valence-electron chi connectivity index (χ0n) is 11.1. The highest BCUT2D eigenvalue weighted by Crippen LogP contribution is 2.22. The Balaban J connectivity index is 2.20. The molecule has 1 aromatic rings. The van der Waals surface area contributed by atoms with Gasteiger partial charge in [-0.2, -0.15) is 0 Å². The molecular formula is C13H16INO5S. The van der Waals surface area contributed by atoms with Gasteiger partial charge in [-0.15, -0.1) is 0 Å². The minimum Gasteiger partial charge on any atom is -0.478 e. The van der Waals surface area contributed by atoms with Crippen LogP contribution in [0.5, 0.6) is 0 Å². The normalized spacial score (nSPS) is 23.0. The fourth-order valence-corrected chi connectivity index (χ4v) is 4.21. The summed E-state index contributed by atoms with van der Waals surface area (Å²) in [4.78, 5) is 11.0. The number of halogens is 1. The lowest BCUT2D eigenvalue weighted by Gasteiger charge is -2.26. The van der Waals surface area contributed by atoms with E-state index in [1.807, 2.05) is 22.6 Å². The second kappa shape index (κ2) is 6.59. The molecule has 0 bridgehead atoms. The summed E-state index contributed by atoms with van der Waals surface area (Å²) in [5.41, 5.74) is -0.0301. The molecule has 8 heteroatoms. The van der Waals surface area contributed by atoms with Crippen molar-refractivity contribution in [1.82, 2.24) is 4.72 Å². The Bertz CT molecular complexity index is 638. The van der Waals surface area contributed by atoms with Gasteiger partial charge in [0.15, 0.2) is 0 Å². The van der Waals surface area contributed by atoms with E-state index in [1.165, 1.54) is 18.2 Å². The smallest absolute Gasteiger partial charge is 0.336 e. The average molecular weight is 425 g/mol. The molecule has 116 valence electrons. The summed E-state index contributed by atoms with van der Waals surface area (Å²) < 4.78 is 27.7. The second-order valence-corrected chi connectivity index (χ2v) is 7.95. The lowest BCUT2D eigenvalue weighted by atomic mass is 9.94. The highest BCUT2D eigenvalue weighted by atomic mass is 127. The van der Waals surface area contributed by atoms with Crippen LogP contribution in [0.4, 0.5) is 0 Å². The van der Waals surface area contributed by atoms with Gasteiger partial charge in [0.1, 0.15) is 0 Å². The molecule has 0 aromatic heterocycles. The van der Waals surface area contributed by atoms with Crippen LogP contribution in [-0.2, 0) is 10.0 Å². The number of aliphatic hydroxyl groups is 1. The van der Waals surface area contributed by atoms with Gasteiger partial charge >= 0.3 is 5.97 Å². The van der Waals surface area contributed by atoms with E-state index in [0.717, 1.165) is 0 Å². The molecule has 1 aromatic carbocycles. The highest BCUT2D eigenvalue weighted by molar-refractivity contribution is 14.1. The quantitative estimate of drug-likeness (QED) is 0.636. The molecule has 2 rings (SSSR count). The molecule has 6 nitrogen and oxygen atoms in total. The van der Waals surface area contributed by atoms with Gasteiger partial charge in [-0.1, -0.05) is 0 Å². The van der Waals surface area contributed by atoms with Crippen molar-refractivity contribution in [2.45, 2.75) is 42.7 Å². The van der Waals surface area contributed by atoms with E-state index in [4.69, 9.17) is 5.11 Å². The number of nitrogens with one attached hydrogen (secondary N) is 1. The number of hydrogen-bond acceptors (Lipinski definition) is 4. The maximum absolute atomic E-state index is 12.3. The molecule has 3 N–H and O–H groups in total. The van der Waals surface area contributed by atoms with Gasteiger partial charge in [-0.05, 0) is 66.5 Å². The van der Waals surface area contributed by atoms with Crippen LogP contribution in [-0.4, -0.2) is 36.7 Å². The Morgan fingerprint density at radius 1 is 1.24 bits per heavy atom. The Morgan fingerprint density at radius 2 is 1.86 bits per heavy atom. The summed E-state index contributed by atoms with van der Waals surface area (Å²) >= 11 is 1.85. The number of carbonyl (C=O) groups is 1. The summed E-state index contributed by atoms with van der Waals surface area (Å²) in [6.07, 6.45) is 1.94. The van der Waals surface area contributed by atoms with Crippen molar-refractivity contribution in [2.24, 2.45) is 0 Å². The molecular weight excluding hydrogens is 409 g/mol. The largest absolute Gasteiger partial charge is 0.478 e. The monoisotopic (exact) mass is 425 g/mol. The van der Waals surface area contributed by atoms with Crippen molar-refractivity contribution in [3.63, 3.8) is 0 Å². The number of rotatable bonds is 4. The van der Waals surface area contributed by atoms with Crippen molar-refractivity contribution in [3.8, 4) is 0 Å². The van der Waals surface area contributed by atoms with Crippen LogP contribution >= 0.6 is 22.6 Å². The molecule has 1 saturated carbocycles. The Labute approximate surface area is 136 Å². The number of hydrogen-bond donors (Lipinski definition) is 3. The highest BCUT2D eigenvalue weighted by Gasteiger charge is 2.25. The van der Waals surface area contributed by atoms with E-state index in [1.54, 1.807) is 0 Å². The van der Waals surface area contributed by atoms with Crippen molar-refractivity contribution in [3.05, 3.63) is 27.3 Å². The van der Waals surface area contributed by atoms with Crippen LogP contribution in [0.15, 0.2) is 23.1 Å². The first-order valence-corrected chi connectivity index (χ1v) is 9.09. The Hall–Kier alpha value is -0.710. The van der Waals surface area contributed by atoms with Gasteiger partial charge in [0.2, 0.25) is 10.0 Å². The number of carboxylic acids is 1. The second-order valence-electron chi connectivity index (χ2n) is 5.07. The molecule has 1 fully saturated rings. The first-order chi connectivity index (χ1) is 9.79. The molecule has 0 unspecified atom stereocenters. The molecule has 0 spiro atoms. The topological polar surface area (TPSA) is 104 Å². The predicted molar refractivity (Wildman–Crippen MR) is 84.7 cm³/mol. The van der Waals surface area contributed by atoms with E-state index >= 15 is 0 Å². The first kappa shape index (κ1) is 16.7. The SMILES string of the molecule is O=C(O)c1cc(S(=O)(=O)NC2CCC(O)CC2)ccc1I. The molecule has 1 aliphatic carbocycles. The number of aliphatic hydroxyl groups excluding tert-OH is 1. The summed E-state index contributed by atoms with van der Waals surface area (Å²) in [6, 6.07) is 3.83. The molecule has 0 aliphatic heterocycles. The van der Waals surface area contributed by atoms with Gasteiger partial charge in [0, 0.05) is 9.61 Å². The standard InChI is InChI=1S/C13H16INO5S/c14-12-6-5-10(7-11(12)13(17)18)21(19,20)15-8-1-3-9(16)4-2-8/h5-9,15-16H,1-4H2,(H,17,18). The maximum Gasteiger partial charge on any atom is 0.336 e. The van der Waals surface area contributed by atoms with Crippen LogP contribution in [0.2, 0.25) is 0 Å². The van der Waals surface area contributed by atoms with Crippen molar-refractivity contribution in [2.75, 3.05) is 0 Å². The maximum atomic E-state index is 12.3. The van der Waals surface area contributed by atoms with E-state index in [2.05, 4.69) is 4.72 Å². The Kier molecular flexibility index (Phi) is 5.23. The van der Waals surface area contributed by atoms with Crippen molar-refractivity contribution >= 4 is 38.6 Å². The number of aromatic carboxylic acids is 1. The molecule has 21 heavy (non-hydrogen) atoms. The summed E-state index contributed by atoms with van der Waals surface area (Å²) in [7, 11) is -3.75. The molecule has 0 heterocycles. The fraction of sp³-hybridized carbons (Fsp3) is 0.462. The molecule has 1 aliphatic rings.